The Hall–Kier alpha value is -1.32. The van der Waals surface area contributed by atoms with Crippen LogP contribution in [0.5, 0.6) is 0 Å². The monoisotopic (exact) mass is 330 g/mol. The van der Waals surface area contributed by atoms with E-state index in [4.69, 9.17) is 4.52 Å². The summed E-state index contributed by atoms with van der Waals surface area (Å²) in [7, 11) is 0. The van der Waals surface area contributed by atoms with Gasteiger partial charge in [-0.15, -0.1) is 0 Å². The van der Waals surface area contributed by atoms with Crippen LogP contribution >= 0.6 is 0 Å². The van der Waals surface area contributed by atoms with E-state index < -0.39 is 0 Å². The maximum atomic E-state index is 13.4. The summed E-state index contributed by atoms with van der Waals surface area (Å²) >= 11 is 0. The summed E-state index contributed by atoms with van der Waals surface area (Å²) in [6, 6.07) is 0.824. The topological polar surface area (TPSA) is 46.3 Å². The SMILES string of the molecule is Cc1c(C(=O)N(C2CCCCC2)C2CCCCC2)noc1C1CC1. The lowest BCUT2D eigenvalue weighted by atomic mass is 9.88. The van der Waals surface area contributed by atoms with Gasteiger partial charge in [-0.3, -0.25) is 4.79 Å². The first kappa shape index (κ1) is 16.2. The van der Waals surface area contributed by atoms with Gasteiger partial charge in [-0.1, -0.05) is 43.7 Å². The molecule has 4 heteroatoms. The predicted molar refractivity (Wildman–Crippen MR) is 93.1 cm³/mol. The number of carbonyl (C=O) groups excluding carboxylic acids is 1. The third kappa shape index (κ3) is 3.12. The summed E-state index contributed by atoms with van der Waals surface area (Å²) in [5.74, 6) is 1.62. The van der Waals surface area contributed by atoms with Crippen LogP contribution in [-0.2, 0) is 0 Å². The average Bonchev–Trinajstić information content (AvgIpc) is 3.39. The van der Waals surface area contributed by atoms with Gasteiger partial charge in [-0.05, 0) is 45.4 Å². The molecule has 3 fully saturated rings. The van der Waals surface area contributed by atoms with Crippen molar-refractivity contribution in [3.63, 3.8) is 0 Å². The number of amides is 1. The molecular weight excluding hydrogens is 300 g/mol. The van der Waals surface area contributed by atoms with Crippen molar-refractivity contribution in [2.24, 2.45) is 0 Å². The molecule has 0 spiro atoms. The Kier molecular flexibility index (Phi) is 4.64. The van der Waals surface area contributed by atoms with Crippen LogP contribution in [0.25, 0.3) is 0 Å². The zero-order valence-corrected chi connectivity index (χ0v) is 14.9. The molecule has 1 aromatic heterocycles. The standard InChI is InChI=1S/C20H30N2O2/c1-14-18(21-24-19(14)15-12-13-15)20(23)22(16-8-4-2-5-9-16)17-10-6-3-7-11-17/h15-17H,2-13H2,1H3. The van der Waals surface area contributed by atoms with E-state index in [9.17, 15) is 4.79 Å². The first-order valence-corrected chi connectivity index (χ1v) is 10.0. The Morgan fingerprint density at radius 1 is 0.917 bits per heavy atom. The molecule has 3 aliphatic carbocycles. The molecule has 24 heavy (non-hydrogen) atoms. The first-order valence-electron chi connectivity index (χ1n) is 10.0. The number of rotatable bonds is 4. The third-order valence-corrected chi connectivity index (χ3v) is 6.28. The third-order valence-electron chi connectivity index (χ3n) is 6.28. The molecule has 4 nitrogen and oxygen atoms in total. The van der Waals surface area contributed by atoms with Crippen molar-refractivity contribution in [2.45, 2.75) is 102 Å². The molecule has 4 rings (SSSR count). The minimum atomic E-state index is 0.141. The highest BCUT2D eigenvalue weighted by atomic mass is 16.5. The van der Waals surface area contributed by atoms with E-state index in [0.717, 1.165) is 37.0 Å². The molecule has 3 aliphatic rings. The lowest BCUT2D eigenvalue weighted by Crippen LogP contribution is -2.49. The molecule has 0 atom stereocenters. The molecule has 1 heterocycles. The Balaban J connectivity index is 1.60. The second kappa shape index (κ2) is 6.89. The summed E-state index contributed by atoms with van der Waals surface area (Å²) in [5.41, 5.74) is 1.59. The maximum Gasteiger partial charge on any atom is 0.276 e. The number of hydrogen-bond acceptors (Lipinski definition) is 3. The number of aromatic nitrogens is 1. The van der Waals surface area contributed by atoms with Crippen LogP contribution < -0.4 is 0 Å². The Labute approximate surface area is 145 Å². The average molecular weight is 330 g/mol. The van der Waals surface area contributed by atoms with Gasteiger partial charge in [0, 0.05) is 23.6 Å². The highest BCUT2D eigenvalue weighted by molar-refractivity contribution is 5.94. The van der Waals surface area contributed by atoms with Gasteiger partial charge in [0.25, 0.3) is 5.91 Å². The van der Waals surface area contributed by atoms with Gasteiger partial charge in [0.1, 0.15) is 5.76 Å². The predicted octanol–water partition coefficient (Wildman–Crippen LogP) is 4.97. The van der Waals surface area contributed by atoms with Crippen molar-refractivity contribution < 1.29 is 9.32 Å². The largest absolute Gasteiger partial charge is 0.360 e. The summed E-state index contributed by atoms with van der Waals surface area (Å²) in [6.07, 6.45) is 14.7. The zero-order chi connectivity index (χ0) is 16.5. The first-order chi connectivity index (χ1) is 11.8. The van der Waals surface area contributed by atoms with Gasteiger partial charge >= 0.3 is 0 Å². The Bertz CT molecular complexity index is 560. The fourth-order valence-corrected chi connectivity index (χ4v) is 4.74. The fraction of sp³-hybridized carbons (Fsp3) is 0.800. The molecule has 1 amide bonds. The quantitative estimate of drug-likeness (QED) is 0.783. The lowest BCUT2D eigenvalue weighted by Gasteiger charge is -2.41. The van der Waals surface area contributed by atoms with Gasteiger partial charge in [-0.25, -0.2) is 0 Å². The normalized spacial score (nSPS) is 23.4. The van der Waals surface area contributed by atoms with Crippen LogP contribution in [0.3, 0.4) is 0 Å². The second-order valence-corrected chi connectivity index (χ2v) is 8.09. The van der Waals surface area contributed by atoms with E-state index in [1.54, 1.807) is 0 Å². The highest BCUT2D eigenvalue weighted by Gasteiger charge is 2.37. The van der Waals surface area contributed by atoms with E-state index in [1.165, 1.54) is 51.4 Å². The van der Waals surface area contributed by atoms with Gasteiger partial charge in [0.2, 0.25) is 0 Å². The second-order valence-electron chi connectivity index (χ2n) is 8.09. The van der Waals surface area contributed by atoms with Crippen LogP contribution in [0, 0.1) is 6.92 Å². The summed E-state index contributed by atoms with van der Waals surface area (Å²) in [5, 5.41) is 4.22. The Morgan fingerprint density at radius 3 is 1.96 bits per heavy atom. The number of nitrogens with zero attached hydrogens (tertiary/aromatic N) is 2. The van der Waals surface area contributed by atoms with Crippen molar-refractivity contribution in [3.05, 3.63) is 17.0 Å². The Morgan fingerprint density at radius 2 is 1.46 bits per heavy atom. The van der Waals surface area contributed by atoms with Crippen molar-refractivity contribution in [3.8, 4) is 0 Å². The zero-order valence-electron chi connectivity index (χ0n) is 14.9. The van der Waals surface area contributed by atoms with E-state index in [-0.39, 0.29) is 5.91 Å². The van der Waals surface area contributed by atoms with Crippen LogP contribution in [0.2, 0.25) is 0 Å². The van der Waals surface area contributed by atoms with Crippen LogP contribution in [0.1, 0.15) is 105 Å². The van der Waals surface area contributed by atoms with Crippen molar-refractivity contribution in [1.29, 1.82) is 0 Å². The summed E-state index contributed by atoms with van der Waals surface area (Å²) in [6.45, 7) is 2.03. The molecular formula is C20H30N2O2. The van der Waals surface area contributed by atoms with Gasteiger partial charge in [0.05, 0.1) is 0 Å². The minimum Gasteiger partial charge on any atom is -0.360 e. The van der Waals surface area contributed by atoms with Crippen molar-refractivity contribution in [1.82, 2.24) is 10.1 Å². The van der Waals surface area contributed by atoms with Crippen molar-refractivity contribution >= 4 is 5.91 Å². The maximum absolute atomic E-state index is 13.4. The van der Waals surface area contributed by atoms with Crippen LogP contribution in [0.4, 0.5) is 0 Å². The summed E-state index contributed by atoms with van der Waals surface area (Å²) < 4.78 is 5.57. The molecule has 132 valence electrons. The molecule has 0 radical (unpaired) electrons. The van der Waals surface area contributed by atoms with Crippen LogP contribution in [-0.4, -0.2) is 28.0 Å². The number of carbonyl (C=O) groups is 1. The molecule has 0 saturated heterocycles. The van der Waals surface area contributed by atoms with Gasteiger partial charge in [0.15, 0.2) is 5.69 Å². The molecule has 0 unspecified atom stereocenters. The summed E-state index contributed by atoms with van der Waals surface area (Å²) in [4.78, 5) is 15.7. The molecule has 0 aromatic carbocycles. The van der Waals surface area contributed by atoms with Crippen LogP contribution in [0.15, 0.2) is 4.52 Å². The molecule has 3 saturated carbocycles. The lowest BCUT2D eigenvalue weighted by molar-refractivity contribution is 0.0438. The molecule has 1 aromatic rings. The minimum absolute atomic E-state index is 0.141. The van der Waals surface area contributed by atoms with E-state index in [2.05, 4.69) is 10.1 Å². The van der Waals surface area contributed by atoms with Gasteiger partial charge < -0.3 is 9.42 Å². The molecule has 0 bridgehead atoms. The molecule has 0 aliphatic heterocycles. The van der Waals surface area contributed by atoms with E-state index in [1.807, 2.05) is 6.92 Å². The highest BCUT2D eigenvalue weighted by Crippen LogP contribution is 2.42. The van der Waals surface area contributed by atoms with Gasteiger partial charge in [-0.2, -0.15) is 0 Å². The smallest absolute Gasteiger partial charge is 0.276 e. The van der Waals surface area contributed by atoms with Crippen molar-refractivity contribution in [2.75, 3.05) is 0 Å². The van der Waals surface area contributed by atoms with E-state index >= 15 is 0 Å². The van der Waals surface area contributed by atoms with E-state index in [0.29, 0.717) is 23.7 Å². The fourth-order valence-electron chi connectivity index (χ4n) is 4.74. The molecule has 0 N–H and O–H groups in total. The number of hydrogen-bond donors (Lipinski definition) is 0.